The molecule has 5 fully saturated rings. The first kappa shape index (κ1) is 28.1. The standard InChI is InChI=1S/C32H52O3.H2O/c1-20(2)22-11-16-32(19-33)18-17-30(7)23(27(22)32)9-10-25-29(6)14-13-26(35-21(3)34)28(4,5)24(29)12-15-31(25,30)8;/h22-27,33H,1,9-19H2,2-8H3;1H2/t22-,23+,24-,25+,26-,27+,29-,30+,31+,32+;/m0./s1. The van der Waals surface area contributed by atoms with Crippen LogP contribution in [0.2, 0.25) is 0 Å². The van der Waals surface area contributed by atoms with E-state index in [4.69, 9.17) is 4.74 Å². The van der Waals surface area contributed by atoms with Crippen molar-refractivity contribution in [2.24, 2.45) is 56.7 Å². The molecule has 36 heavy (non-hydrogen) atoms. The summed E-state index contributed by atoms with van der Waals surface area (Å²) in [7, 11) is 0. The molecule has 5 aliphatic carbocycles. The van der Waals surface area contributed by atoms with Crippen molar-refractivity contribution in [3.05, 3.63) is 12.2 Å². The molecule has 10 atom stereocenters. The Morgan fingerprint density at radius 3 is 2.17 bits per heavy atom. The number of hydrogen-bond donors (Lipinski definition) is 1. The maximum Gasteiger partial charge on any atom is 0.302 e. The lowest BCUT2D eigenvalue weighted by atomic mass is 9.32. The number of ether oxygens (including phenoxy) is 1. The van der Waals surface area contributed by atoms with Crippen molar-refractivity contribution in [1.29, 1.82) is 0 Å². The van der Waals surface area contributed by atoms with Gasteiger partial charge in [0.1, 0.15) is 6.10 Å². The van der Waals surface area contributed by atoms with E-state index in [1.807, 2.05) is 0 Å². The second-order valence-electron chi connectivity index (χ2n) is 15.2. The number of aliphatic hydroxyl groups excluding tert-OH is 1. The fraction of sp³-hybridized carbons (Fsp3) is 0.906. The molecule has 0 aliphatic heterocycles. The van der Waals surface area contributed by atoms with Crippen LogP contribution in [-0.2, 0) is 9.53 Å². The van der Waals surface area contributed by atoms with E-state index in [1.54, 1.807) is 6.92 Å². The van der Waals surface area contributed by atoms with Crippen LogP contribution in [0.1, 0.15) is 113 Å². The van der Waals surface area contributed by atoms with Crippen LogP contribution in [0.5, 0.6) is 0 Å². The van der Waals surface area contributed by atoms with E-state index in [-0.39, 0.29) is 28.4 Å². The molecule has 5 saturated carbocycles. The van der Waals surface area contributed by atoms with Gasteiger partial charge in [-0.3, -0.25) is 4.79 Å². The number of rotatable bonds is 3. The molecule has 0 aromatic carbocycles. The van der Waals surface area contributed by atoms with Gasteiger partial charge in [0.2, 0.25) is 0 Å². The zero-order valence-corrected chi connectivity index (χ0v) is 24.2. The van der Waals surface area contributed by atoms with Crippen molar-refractivity contribution in [2.45, 2.75) is 119 Å². The van der Waals surface area contributed by atoms with Crippen LogP contribution in [0.25, 0.3) is 0 Å². The molecule has 3 N–H and O–H groups in total. The molecular weight excluding hydrogens is 448 g/mol. The predicted molar refractivity (Wildman–Crippen MR) is 145 cm³/mol. The molecule has 5 aliphatic rings. The minimum Gasteiger partial charge on any atom is -0.462 e. The van der Waals surface area contributed by atoms with Crippen molar-refractivity contribution >= 4 is 5.97 Å². The number of esters is 1. The molecule has 206 valence electrons. The minimum absolute atomic E-state index is 0. The Bertz CT molecular complexity index is 895. The maximum atomic E-state index is 11.9. The Balaban J connectivity index is 0.00000304. The summed E-state index contributed by atoms with van der Waals surface area (Å²) < 4.78 is 5.90. The highest BCUT2D eigenvalue weighted by molar-refractivity contribution is 5.66. The Kier molecular flexibility index (Phi) is 6.90. The SMILES string of the molecule is C=C(C)[C@@H]1CC[C@]2(CO)CC[C@]3(C)[C@H](CC[C@@H]4[C@@]5(C)CC[C@H](OC(C)=O)C(C)(C)[C@@H]5CC[C@]43C)[C@@H]12.O. The van der Waals surface area contributed by atoms with E-state index in [9.17, 15) is 9.90 Å². The second kappa shape index (κ2) is 8.83. The van der Waals surface area contributed by atoms with Gasteiger partial charge in [-0.25, -0.2) is 0 Å². The largest absolute Gasteiger partial charge is 0.462 e. The lowest BCUT2D eigenvalue weighted by Crippen LogP contribution is -2.67. The van der Waals surface area contributed by atoms with Gasteiger partial charge in [-0.2, -0.15) is 0 Å². The van der Waals surface area contributed by atoms with Crippen LogP contribution in [-0.4, -0.2) is 29.3 Å². The zero-order valence-electron chi connectivity index (χ0n) is 24.2. The van der Waals surface area contributed by atoms with Crippen molar-refractivity contribution in [3.63, 3.8) is 0 Å². The Labute approximate surface area is 220 Å². The third-order valence-corrected chi connectivity index (χ3v) is 13.8. The fourth-order valence-corrected chi connectivity index (χ4v) is 11.9. The van der Waals surface area contributed by atoms with Gasteiger partial charge >= 0.3 is 5.97 Å². The molecule has 5 rings (SSSR count). The number of carbonyl (C=O) groups excluding carboxylic acids is 1. The number of fused-ring (bicyclic) bond motifs is 7. The number of carbonyl (C=O) groups is 1. The molecule has 4 heteroatoms. The van der Waals surface area contributed by atoms with Crippen molar-refractivity contribution in [3.8, 4) is 0 Å². The first-order valence-electron chi connectivity index (χ1n) is 14.7. The number of aliphatic hydroxyl groups is 1. The summed E-state index contributed by atoms with van der Waals surface area (Å²) in [6.45, 7) is 21.3. The normalized spacial score (nSPS) is 51.0. The highest BCUT2D eigenvalue weighted by atomic mass is 16.5. The van der Waals surface area contributed by atoms with E-state index in [0.29, 0.717) is 46.5 Å². The monoisotopic (exact) mass is 502 g/mol. The van der Waals surface area contributed by atoms with Crippen LogP contribution in [0.15, 0.2) is 12.2 Å². The van der Waals surface area contributed by atoms with Gasteiger partial charge in [0.25, 0.3) is 0 Å². The summed E-state index contributed by atoms with van der Waals surface area (Å²) in [5.74, 6) is 3.07. The molecule has 0 radical (unpaired) electrons. The summed E-state index contributed by atoms with van der Waals surface area (Å²) >= 11 is 0. The van der Waals surface area contributed by atoms with Gasteiger partial charge in [0.05, 0.1) is 0 Å². The minimum atomic E-state index is -0.126. The molecule has 0 heterocycles. The van der Waals surface area contributed by atoms with Crippen LogP contribution >= 0.6 is 0 Å². The zero-order chi connectivity index (χ0) is 25.6. The summed E-state index contributed by atoms with van der Waals surface area (Å²) in [6.07, 6.45) is 12.2. The van der Waals surface area contributed by atoms with E-state index in [2.05, 4.69) is 48.1 Å². The average Bonchev–Trinajstić information content (AvgIpc) is 3.16. The summed E-state index contributed by atoms with van der Waals surface area (Å²) in [4.78, 5) is 11.9. The third-order valence-electron chi connectivity index (χ3n) is 13.8. The van der Waals surface area contributed by atoms with E-state index < -0.39 is 0 Å². The molecule has 4 nitrogen and oxygen atoms in total. The van der Waals surface area contributed by atoms with Gasteiger partial charge in [-0.05, 0) is 122 Å². The quantitative estimate of drug-likeness (QED) is 0.343. The molecule has 0 aromatic rings. The molecule has 0 spiro atoms. The number of hydrogen-bond acceptors (Lipinski definition) is 3. The summed E-state index contributed by atoms with van der Waals surface area (Å²) in [6, 6.07) is 0. The molecule has 0 bridgehead atoms. The Morgan fingerprint density at radius 2 is 1.56 bits per heavy atom. The van der Waals surface area contributed by atoms with Gasteiger partial charge in [0.15, 0.2) is 0 Å². The second-order valence-corrected chi connectivity index (χ2v) is 15.2. The van der Waals surface area contributed by atoms with Crippen LogP contribution in [0, 0.1) is 56.7 Å². The third kappa shape index (κ3) is 3.48. The predicted octanol–water partition coefficient (Wildman–Crippen LogP) is 6.74. The first-order chi connectivity index (χ1) is 16.3. The van der Waals surface area contributed by atoms with Gasteiger partial charge in [0, 0.05) is 18.9 Å². The smallest absolute Gasteiger partial charge is 0.302 e. The van der Waals surface area contributed by atoms with Crippen molar-refractivity contribution in [2.75, 3.05) is 6.61 Å². The van der Waals surface area contributed by atoms with Gasteiger partial charge < -0.3 is 15.3 Å². The van der Waals surface area contributed by atoms with Crippen molar-refractivity contribution < 1.29 is 20.1 Å². The lowest BCUT2D eigenvalue weighted by Gasteiger charge is -2.73. The summed E-state index contributed by atoms with van der Waals surface area (Å²) in [5.41, 5.74) is 2.45. The average molecular weight is 503 g/mol. The first-order valence-corrected chi connectivity index (χ1v) is 14.7. The maximum absolute atomic E-state index is 11.9. The van der Waals surface area contributed by atoms with Crippen molar-refractivity contribution in [1.82, 2.24) is 0 Å². The van der Waals surface area contributed by atoms with Crippen LogP contribution < -0.4 is 0 Å². The van der Waals surface area contributed by atoms with E-state index in [0.717, 1.165) is 12.3 Å². The Morgan fingerprint density at radius 1 is 0.861 bits per heavy atom. The molecule has 0 aromatic heterocycles. The summed E-state index contributed by atoms with van der Waals surface area (Å²) in [5, 5.41) is 10.7. The molecule has 0 saturated heterocycles. The number of allylic oxidation sites excluding steroid dienone is 1. The van der Waals surface area contributed by atoms with Crippen LogP contribution in [0.4, 0.5) is 0 Å². The highest BCUT2D eigenvalue weighted by Gasteiger charge is 2.71. The molecule has 0 unspecified atom stereocenters. The Hall–Kier alpha value is -0.870. The van der Waals surface area contributed by atoms with E-state index >= 15 is 0 Å². The lowest BCUT2D eigenvalue weighted by molar-refractivity contribution is -0.251. The van der Waals surface area contributed by atoms with Gasteiger partial charge in [-0.1, -0.05) is 46.8 Å². The van der Waals surface area contributed by atoms with E-state index in [1.165, 1.54) is 63.4 Å². The highest BCUT2D eigenvalue weighted by Crippen LogP contribution is 2.77. The molecule has 0 amide bonds. The van der Waals surface area contributed by atoms with Gasteiger partial charge in [-0.15, -0.1) is 0 Å². The van der Waals surface area contributed by atoms with Crippen LogP contribution in [0.3, 0.4) is 0 Å². The molecular formula is C32H54O4. The topological polar surface area (TPSA) is 78.0 Å². The fourth-order valence-electron chi connectivity index (χ4n) is 11.9.